The van der Waals surface area contributed by atoms with E-state index in [-0.39, 0.29) is 5.02 Å². The van der Waals surface area contributed by atoms with Crippen molar-refractivity contribution >= 4 is 11.6 Å². The predicted molar refractivity (Wildman–Crippen MR) is 53.5 cm³/mol. The zero-order valence-electron chi connectivity index (χ0n) is 8.38. The van der Waals surface area contributed by atoms with Gasteiger partial charge in [-0.15, -0.1) is 13.2 Å². The quantitative estimate of drug-likeness (QED) is 0.898. The van der Waals surface area contributed by atoms with Gasteiger partial charge in [0.1, 0.15) is 5.75 Å². The third kappa shape index (κ3) is 4.28. The van der Waals surface area contributed by atoms with Crippen LogP contribution in [-0.2, 0) is 6.42 Å². The molecule has 2 nitrogen and oxygen atoms in total. The standard InChI is InChI=1S/C10H10ClF3O2/c1-6(15)4-7-2-3-9(8(11)5-7)16-10(12,13)14/h2-3,5-6,15H,4H2,1H3/t6-/m1/s1. The highest BCUT2D eigenvalue weighted by molar-refractivity contribution is 6.32. The Balaban J connectivity index is 2.83. The summed E-state index contributed by atoms with van der Waals surface area (Å²) < 4.78 is 39.4. The SMILES string of the molecule is C[C@@H](O)Cc1ccc(OC(F)(F)F)c(Cl)c1. The molecular weight excluding hydrogens is 245 g/mol. The van der Waals surface area contributed by atoms with Crippen molar-refractivity contribution in [1.82, 2.24) is 0 Å². The third-order valence-electron chi connectivity index (χ3n) is 1.75. The van der Waals surface area contributed by atoms with Crippen LogP contribution < -0.4 is 4.74 Å². The van der Waals surface area contributed by atoms with Gasteiger partial charge >= 0.3 is 6.36 Å². The molecule has 1 atom stereocenters. The molecule has 1 aromatic carbocycles. The minimum Gasteiger partial charge on any atom is -0.404 e. The van der Waals surface area contributed by atoms with E-state index in [0.29, 0.717) is 12.0 Å². The number of aliphatic hydroxyl groups is 1. The highest BCUT2D eigenvalue weighted by Gasteiger charge is 2.31. The van der Waals surface area contributed by atoms with Gasteiger partial charge in [0.2, 0.25) is 0 Å². The average molecular weight is 255 g/mol. The maximum Gasteiger partial charge on any atom is 0.573 e. The van der Waals surface area contributed by atoms with Crippen LogP contribution in [0.3, 0.4) is 0 Å². The van der Waals surface area contributed by atoms with Crippen molar-refractivity contribution in [2.45, 2.75) is 25.8 Å². The summed E-state index contributed by atoms with van der Waals surface area (Å²) in [6, 6.07) is 3.91. The van der Waals surface area contributed by atoms with Gasteiger partial charge in [0.15, 0.2) is 0 Å². The fourth-order valence-corrected chi connectivity index (χ4v) is 1.46. The van der Waals surface area contributed by atoms with E-state index in [4.69, 9.17) is 16.7 Å². The van der Waals surface area contributed by atoms with Crippen LogP contribution in [-0.4, -0.2) is 17.6 Å². The highest BCUT2D eigenvalue weighted by Crippen LogP contribution is 2.30. The van der Waals surface area contributed by atoms with Gasteiger partial charge in [0.25, 0.3) is 0 Å². The number of alkyl halides is 3. The summed E-state index contributed by atoms with van der Waals surface area (Å²) in [6.07, 6.45) is -5.01. The molecule has 0 heterocycles. The Morgan fingerprint density at radius 3 is 2.50 bits per heavy atom. The molecule has 0 saturated carbocycles. The number of halogens is 4. The Labute approximate surface area is 95.6 Å². The minimum atomic E-state index is -4.75. The lowest BCUT2D eigenvalue weighted by Crippen LogP contribution is -2.17. The Morgan fingerprint density at radius 1 is 1.44 bits per heavy atom. The van der Waals surface area contributed by atoms with Gasteiger partial charge in [0.05, 0.1) is 11.1 Å². The summed E-state index contributed by atoms with van der Waals surface area (Å²) in [5.74, 6) is -0.441. The summed E-state index contributed by atoms with van der Waals surface area (Å²) >= 11 is 5.61. The van der Waals surface area contributed by atoms with Crippen molar-refractivity contribution in [3.05, 3.63) is 28.8 Å². The lowest BCUT2D eigenvalue weighted by molar-refractivity contribution is -0.274. The highest BCUT2D eigenvalue weighted by atomic mass is 35.5. The molecule has 90 valence electrons. The average Bonchev–Trinajstić information content (AvgIpc) is 2.06. The van der Waals surface area contributed by atoms with Crippen molar-refractivity contribution in [2.75, 3.05) is 0 Å². The molecule has 0 aliphatic rings. The number of aliphatic hydroxyl groups excluding tert-OH is 1. The van der Waals surface area contributed by atoms with Gasteiger partial charge < -0.3 is 9.84 Å². The van der Waals surface area contributed by atoms with Crippen LogP contribution >= 0.6 is 11.6 Å². The Hall–Kier alpha value is -0.940. The van der Waals surface area contributed by atoms with E-state index >= 15 is 0 Å². The second kappa shape index (κ2) is 4.93. The second-order valence-corrected chi connectivity index (χ2v) is 3.77. The molecule has 0 amide bonds. The summed E-state index contributed by atoms with van der Waals surface area (Å²) in [6.45, 7) is 1.58. The van der Waals surface area contributed by atoms with Gasteiger partial charge in [-0.1, -0.05) is 17.7 Å². The summed E-state index contributed by atoms with van der Waals surface area (Å²) in [5, 5.41) is 8.97. The summed E-state index contributed by atoms with van der Waals surface area (Å²) in [4.78, 5) is 0. The van der Waals surface area contributed by atoms with E-state index in [2.05, 4.69) is 4.74 Å². The van der Waals surface area contributed by atoms with E-state index in [0.717, 1.165) is 6.07 Å². The number of hydrogen-bond acceptors (Lipinski definition) is 2. The first kappa shape index (κ1) is 13.1. The molecule has 0 aliphatic carbocycles. The molecule has 0 fully saturated rings. The molecule has 1 N–H and O–H groups in total. The van der Waals surface area contributed by atoms with E-state index in [1.165, 1.54) is 12.1 Å². The summed E-state index contributed by atoms with van der Waals surface area (Å²) in [7, 11) is 0. The molecule has 0 aliphatic heterocycles. The topological polar surface area (TPSA) is 29.5 Å². The monoisotopic (exact) mass is 254 g/mol. The molecule has 1 aromatic rings. The largest absolute Gasteiger partial charge is 0.573 e. The Morgan fingerprint density at radius 2 is 2.06 bits per heavy atom. The fourth-order valence-electron chi connectivity index (χ4n) is 1.22. The molecule has 16 heavy (non-hydrogen) atoms. The van der Waals surface area contributed by atoms with E-state index in [9.17, 15) is 13.2 Å². The first-order valence-electron chi connectivity index (χ1n) is 4.50. The number of rotatable bonds is 3. The van der Waals surface area contributed by atoms with Crippen molar-refractivity contribution in [2.24, 2.45) is 0 Å². The molecule has 0 saturated heterocycles. The van der Waals surface area contributed by atoms with Crippen LogP contribution in [0.15, 0.2) is 18.2 Å². The van der Waals surface area contributed by atoms with E-state index in [1.54, 1.807) is 6.92 Å². The van der Waals surface area contributed by atoms with Gasteiger partial charge in [-0.25, -0.2) is 0 Å². The van der Waals surface area contributed by atoms with Crippen molar-refractivity contribution in [3.8, 4) is 5.75 Å². The van der Waals surface area contributed by atoms with Gasteiger partial charge in [-0.3, -0.25) is 0 Å². The molecular formula is C10H10ClF3O2. The van der Waals surface area contributed by atoms with Crippen LogP contribution in [0.4, 0.5) is 13.2 Å². The van der Waals surface area contributed by atoms with Crippen LogP contribution in [0.2, 0.25) is 5.02 Å². The minimum absolute atomic E-state index is 0.129. The van der Waals surface area contributed by atoms with Crippen LogP contribution in [0.1, 0.15) is 12.5 Å². The molecule has 6 heteroatoms. The van der Waals surface area contributed by atoms with E-state index in [1.807, 2.05) is 0 Å². The third-order valence-corrected chi connectivity index (χ3v) is 2.05. The normalized spacial score (nSPS) is 13.6. The number of ether oxygens (including phenoxy) is 1. The van der Waals surface area contributed by atoms with E-state index < -0.39 is 18.2 Å². The maximum atomic E-state index is 11.9. The first-order valence-corrected chi connectivity index (χ1v) is 4.88. The predicted octanol–water partition coefficient (Wildman–Crippen LogP) is 3.16. The summed E-state index contributed by atoms with van der Waals surface area (Å²) in [5.41, 5.74) is 0.648. The van der Waals surface area contributed by atoms with Gasteiger partial charge in [-0.2, -0.15) is 0 Å². The lowest BCUT2D eigenvalue weighted by atomic mass is 10.1. The van der Waals surface area contributed by atoms with Crippen LogP contribution in [0.25, 0.3) is 0 Å². The first-order chi connectivity index (χ1) is 7.28. The Bertz CT molecular complexity index is 364. The van der Waals surface area contributed by atoms with Crippen molar-refractivity contribution in [1.29, 1.82) is 0 Å². The molecule has 0 bridgehead atoms. The number of hydrogen-bond donors (Lipinski definition) is 1. The fraction of sp³-hybridized carbons (Fsp3) is 0.400. The lowest BCUT2D eigenvalue weighted by Gasteiger charge is -2.11. The zero-order chi connectivity index (χ0) is 12.3. The van der Waals surface area contributed by atoms with Crippen molar-refractivity contribution < 1.29 is 23.0 Å². The molecule has 0 unspecified atom stereocenters. The van der Waals surface area contributed by atoms with Crippen LogP contribution in [0, 0.1) is 0 Å². The maximum absolute atomic E-state index is 11.9. The second-order valence-electron chi connectivity index (χ2n) is 3.37. The Kier molecular flexibility index (Phi) is 4.04. The smallest absolute Gasteiger partial charge is 0.404 e. The van der Waals surface area contributed by atoms with Crippen molar-refractivity contribution in [3.63, 3.8) is 0 Å². The van der Waals surface area contributed by atoms with Crippen LogP contribution in [0.5, 0.6) is 5.75 Å². The van der Waals surface area contributed by atoms with Gasteiger partial charge in [0, 0.05) is 0 Å². The van der Waals surface area contributed by atoms with Gasteiger partial charge in [-0.05, 0) is 31.0 Å². The molecule has 0 spiro atoms. The zero-order valence-corrected chi connectivity index (χ0v) is 9.14. The number of benzene rings is 1. The molecule has 1 rings (SSSR count). The molecule has 0 aromatic heterocycles. The molecule has 0 radical (unpaired) electrons.